The number of carbonyl (C=O) groups is 1. The van der Waals surface area contributed by atoms with Crippen molar-refractivity contribution < 1.29 is 17.9 Å². The first kappa shape index (κ1) is 17.8. The summed E-state index contributed by atoms with van der Waals surface area (Å²) in [6.45, 7) is 0. The Morgan fingerprint density at radius 3 is 2.43 bits per heavy atom. The van der Waals surface area contributed by atoms with Gasteiger partial charge in [-0.05, 0) is 34.4 Å². The van der Waals surface area contributed by atoms with Crippen LogP contribution in [0.1, 0.15) is 15.9 Å². The maximum absolute atomic E-state index is 12.0. The van der Waals surface area contributed by atoms with Gasteiger partial charge in [0.05, 0.1) is 22.6 Å². The smallest absolute Gasteiger partial charge is 0.339 e. The predicted octanol–water partition coefficient (Wildman–Crippen LogP) is 2.92. The molecule has 1 aromatic carbocycles. The zero-order chi connectivity index (χ0) is 17.3. The maximum atomic E-state index is 12.0. The van der Waals surface area contributed by atoms with Crippen LogP contribution in [0, 0.1) is 0 Å². The highest BCUT2D eigenvalue weighted by atomic mass is 35.5. The van der Waals surface area contributed by atoms with Crippen LogP contribution in [0.4, 0.5) is 0 Å². The van der Waals surface area contributed by atoms with Gasteiger partial charge in [-0.25, -0.2) is 13.2 Å². The molecule has 1 aliphatic heterocycles. The summed E-state index contributed by atoms with van der Waals surface area (Å²) in [5.74, 6) is -0.663. The molecule has 0 saturated carbocycles. The van der Waals surface area contributed by atoms with Crippen LogP contribution in [0.25, 0.3) is 0 Å². The van der Waals surface area contributed by atoms with E-state index in [4.69, 9.17) is 11.6 Å². The molecule has 0 aliphatic carbocycles. The minimum absolute atomic E-state index is 0.000813. The highest BCUT2D eigenvalue weighted by Crippen LogP contribution is 2.39. The van der Waals surface area contributed by atoms with Gasteiger partial charge in [0.1, 0.15) is 0 Å². The number of hydrogen-bond donors (Lipinski definition) is 0. The molecule has 0 unspecified atom stereocenters. The van der Waals surface area contributed by atoms with E-state index in [1.807, 2.05) is 0 Å². The van der Waals surface area contributed by atoms with Crippen molar-refractivity contribution in [3.8, 4) is 0 Å². The first-order valence-electron chi connectivity index (χ1n) is 6.23. The van der Waals surface area contributed by atoms with Gasteiger partial charge >= 0.3 is 5.97 Å². The molecule has 0 N–H and O–H groups in total. The Hall–Kier alpha value is -1.52. The van der Waals surface area contributed by atoms with E-state index in [0.717, 1.165) is 6.26 Å². The molecule has 124 valence electrons. The Balaban J connectivity index is 2.65. The first-order chi connectivity index (χ1) is 10.7. The van der Waals surface area contributed by atoms with Crippen molar-refractivity contribution in [2.75, 3.05) is 19.6 Å². The molecular formula is C12H13ClN4O4S2. The topological polar surface area (TPSA) is 110 Å². The van der Waals surface area contributed by atoms with Gasteiger partial charge in [-0.2, -0.15) is 0 Å². The Bertz CT molecular complexity index is 796. The highest BCUT2D eigenvalue weighted by molar-refractivity contribution is 7.99. The average Bonchev–Trinajstić information content (AvgIpc) is 2.96. The van der Waals surface area contributed by atoms with E-state index in [-0.39, 0.29) is 27.5 Å². The maximum Gasteiger partial charge on any atom is 0.339 e. The van der Waals surface area contributed by atoms with Crippen LogP contribution in [-0.2, 0) is 21.0 Å². The molecule has 2 rings (SSSR count). The van der Waals surface area contributed by atoms with E-state index in [0.29, 0.717) is 0 Å². The van der Waals surface area contributed by atoms with Crippen molar-refractivity contribution in [3.63, 3.8) is 0 Å². The number of ether oxygens (including phenoxy) is 1. The normalized spacial score (nSPS) is 15.8. The summed E-state index contributed by atoms with van der Waals surface area (Å²) in [5.41, 5.74) is 0.297. The van der Waals surface area contributed by atoms with Gasteiger partial charge in [0.2, 0.25) is 4.99 Å². The molecule has 1 heterocycles. The number of sulfone groups is 1. The lowest BCUT2D eigenvalue weighted by Gasteiger charge is -2.20. The minimum atomic E-state index is -3.57. The van der Waals surface area contributed by atoms with Crippen molar-refractivity contribution in [1.82, 2.24) is 0 Å². The predicted molar refractivity (Wildman–Crippen MR) is 85.6 cm³/mol. The summed E-state index contributed by atoms with van der Waals surface area (Å²) in [7, 11) is -2.36. The van der Waals surface area contributed by atoms with E-state index in [1.165, 1.54) is 31.0 Å². The SMILES string of the molecule is COC(=O)c1ccc(S(C)(=O)=O)c(CC2(SC)N=NN=N2)c1Cl. The van der Waals surface area contributed by atoms with Crippen LogP contribution in [0.2, 0.25) is 5.02 Å². The van der Waals surface area contributed by atoms with Crippen LogP contribution >= 0.6 is 23.4 Å². The van der Waals surface area contributed by atoms with Crippen LogP contribution in [0.3, 0.4) is 0 Å². The molecule has 1 aliphatic rings. The molecule has 0 saturated heterocycles. The third-order valence-electron chi connectivity index (χ3n) is 3.18. The number of thioether (sulfide) groups is 1. The molecule has 0 amide bonds. The zero-order valence-electron chi connectivity index (χ0n) is 12.5. The molecule has 0 atom stereocenters. The second kappa shape index (κ2) is 6.54. The van der Waals surface area contributed by atoms with Crippen molar-refractivity contribution in [2.45, 2.75) is 16.3 Å². The van der Waals surface area contributed by atoms with Gasteiger partial charge in [-0.1, -0.05) is 11.6 Å². The third-order valence-corrected chi connectivity index (χ3v) is 5.76. The number of carbonyl (C=O) groups excluding carboxylic acids is 1. The van der Waals surface area contributed by atoms with Crippen LogP contribution in [0.15, 0.2) is 37.7 Å². The summed E-state index contributed by atoms with van der Waals surface area (Å²) in [6.07, 6.45) is 2.82. The largest absolute Gasteiger partial charge is 0.465 e. The fraction of sp³-hybridized carbons (Fsp3) is 0.417. The Morgan fingerprint density at radius 2 is 1.96 bits per heavy atom. The minimum Gasteiger partial charge on any atom is -0.465 e. The van der Waals surface area contributed by atoms with Gasteiger partial charge in [0, 0.05) is 12.7 Å². The second-order valence-electron chi connectivity index (χ2n) is 4.67. The number of benzene rings is 1. The van der Waals surface area contributed by atoms with Crippen LogP contribution in [-0.4, -0.2) is 39.0 Å². The monoisotopic (exact) mass is 376 g/mol. The number of rotatable bonds is 5. The second-order valence-corrected chi connectivity index (χ2v) is 8.09. The van der Waals surface area contributed by atoms with Gasteiger partial charge in [0.15, 0.2) is 9.84 Å². The standard InChI is InChI=1S/C12H13ClN4O4S2/c1-21-11(18)7-4-5-9(23(3,19)20)8(10(7)13)6-12(22-2)14-16-17-15-12/h4-5H,6H2,1-3H3. The molecular weight excluding hydrogens is 364 g/mol. The van der Waals surface area contributed by atoms with Gasteiger partial charge in [0.25, 0.3) is 0 Å². The van der Waals surface area contributed by atoms with E-state index < -0.39 is 20.8 Å². The molecule has 8 nitrogen and oxygen atoms in total. The lowest BCUT2D eigenvalue weighted by molar-refractivity contribution is 0.0600. The number of hydrogen-bond acceptors (Lipinski definition) is 9. The van der Waals surface area contributed by atoms with Gasteiger partial charge in [-0.3, -0.25) is 0 Å². The number of esters is 1. The van der Waals surface area contributed by atoms with Crippen molar-refractivity contribution in [1.29, 1.82) is 0 Å². The van der Waals surface area contributed by atoms with E-state index >= 15 is 0 Å². The van der Waals surface area contributed by atoms with Crippen molar-refractivity contribution in [2.24, 2.45) is 20.7 Å². The molecule has 11 heteroatoms. The summed E-state index contributed by atoms with van der Waals surface area (Å²) >= 11 is 7.50. The summed E-state index contributed by atoms with van der Waals surface area (Å²) in [4.78, 5) is 10.7. The fourth-order valence-electron chi connectivity index (χ4n) is 2.04. The molecule has 1 aromatic rings. The van der Waals surface area contributed by atoms with Crippen molar-refractivity contribution >= 4 is 39.2 Å². The fourth-order valence-corrected chi connectivity index (χ4v) is 3.86. The number of nitrogens with zero attached hydrogens (tertiary/aromatic N) is 4. The van der Waals surface area contributed by atoms with Crippen LogP contribution < -0.4 is 0 Å². The van der Waals surface area contributed by atoms with Gasteiger partial charge < -0.3 is 4.74 Å². The molecule has 23 heavy (non-hydrogen) atoms. The molecule has 0 bridgehead atoms. The first-order valence-corrected chi connectivity index (χ1v) is 9.72. The Labute approximate surface area is 142 Å². The lowest BCUT2D eigenvalue weighted by Crippen LogP contribution is -2.22. The summed E-state index contributed by atoms with van der Waals surface area (Å²) in [6, 6.07) is 2.64. The molecule has 0 radical (unpaired) electrons. The van der Waals surface area contributed by atoms with E-state index in [2.05, 4.69) is 25.4 Å². The molecule has 0 aromatic heterocycles. The zero-order valence-corrected chi connectivity index (χ0v) is 14.9. The molecule has 0 fully saturated rings. The average molecular weight is 377 g/mol. The third kappa shape index (κ3) is 3.54. The lowest BCUT2D eigenvalue weighted by atomic mass is 10.1. The van der Waals surface area contributed by atoms with E-state index in [1.54, 1.807) is 6.26 Å². The number of methoxy groups -OCH3 is 1. The number of halogens is 1. The van der Waals surface area contributed by atoms with Gasteiger partial charge in [-0.15, -0.1) is 22.0 Å². The summed E-state index contributed by atoms with van der Waals surface area (Å²) in [5, 5.41) is 14.8. The molecule has 0 spiro atoms. The van der Waals surface area contributed by atoms with Crippen molar-refractivity contribution in [3.05, 3.63) is 28.3 Å². The highest BCUT2D eigenvalue weighted by Gasteiger charge is 2.36. The van der Waals surface area contributed by atoms with E-state index in [9.17, 15) is 13.2 Å². The summed E-state index contributed by atoms with van der Waals surface area (Å²) < 4.78 is 28.7. The Morgan fingerprint density at radius 1 is 1.35 bits per heavy atom. The Kier molecular flexibility index (Phi) is 5.07. The quantitative estimate of drug-likeness (QED) is 0.733. The van der Waals surface area contributed by atoms with Crippen LogP contribution in [0.5, 0.6) is 0 Å².